The second-order valence-electron chi connectivity index (χ2n) is 8.93. The molecule has 1 aliphatic heterocycles. The second-order valence-corrected chi connectivity index (χ2v) is 8.93. The Bertz CT molecular complexity index is 529. The molecule has 24 heavy (non-hydrogen) atoms. The van der Waals surface area contributed by atoms with E-state index < -0.39 is 0 Å². The van der Waals surface area contributed by atoms with Gasteiger partial charge < -0.3 is 14.2 Å². The van der Waals surface area contributed by atoms with Crippen LogP contribution < -0.4 is 0 Å². The molecule has 3 rings (SSSR count). The quantitative estimate of drug-likeness (QED) is 0.772. The number of hydrogen-bond acceptors (Lipinski definition) is 3. The molecule has 4 nitrogen and oxygen atoms in total. The van der Waals surface area contributed by atoms with Crippen molar-refractivity contribution in [2.24, 2.45) is 5.41 Å². The van der Waals surface area contributed by atoms with E-state index in [4.69, 9.17) is 4.74 Å². The van der Waals surface area contributed by atoms with Crippen LogP contribution in [0.4, 0.5) is 0 Å². The summed E-state index contributed by atoms with van der Waals surface area (Å²) in [6, 6.07) is 0.597. The van der Waals surface area contributed by atoms with Crippen LogP contribution >= 0.6 is 0 Å². The number of aromatic nitrogens is 2. The van der Waals surface area contributed by atoms with E-state index in [1.54, 1.807) is 0 Å². The fourth-order valence-corrected chi connectivity index (χ4v) is 4.62. The first-order valence-corrected chi connectivity index (χ1v) is 9.76. The lowest BCUT2D eigenvalue weighted by atomic mass is 9.75. The van der Waals surface area contributed by atoms with Crippen molar-refractivity contribution in [2.75, 3.05) is 20.2 Å². The van der Waals surface area contributed by atoms with Gasteiger partial charge in [0.05, 0.1) is 24.2 Å². The molecule has 1 saturated heterocycles. The fraction of sp³-hybridized carbons (Fsp3) is 0.850. The summed E-state index contributed by atoms with van der Waals surface area (Å²) in [7, 11) is 2.22. The van der Waals surface area contributed by atoms with Crippen LogP contribution in [0, 0.1) is 5.41 Å². The highest BCUT2D eigenvalue weighted by atomic mass is 16.5. The second kappa shape index (κ2) is 7.17. The molecule has 0 amide bonds. The number of ether oxygens (including phenoxy) is 1. The molecule has 2 aliphatic rings. The van der Waals surface area contributed by atoms with Crippen LogP contribution in [0.25, 0.3) is 0 Å². The summed E-state index contributed by atoms with van der Waals surface area (Å²) in [6.45, 7) is 10.0. The van der Waals surface area contributed by atoms with Crippen LogP contribution in [0.1, 0.15) is 77.5 Å². The van der Waals surface area contributed by atoms with Crippen LogP contribution in [0.2, 0.25) is 0 Å². The lowest BCUT2D eigenvalue weighted by Gasteiger charge is -2.38. The van der Waals surface area contributed by atoms with E-state index in [-0.39, 0.29) is 5.60 Å². The van der Waals surface area contributed by atoms with Gasteiger partial charge in [-0.25, -0.2) is 4.98 Å². The summed E-state index contributed by atoms with van der Waals surface area (Å²) in [4.78, 5) is 6.87. The number of nitrogens with zero attached hydrogens (tertiary/aromatic N) is 3. The molecule has 1 spiro atoms. The van der Waals surface area contributed by atoms with Gasteiger partial charge in [-0.2, -0.15) is 0 Å². The SMILES string of the molecule is CCCCN(C)Cc1cncn1C1CCC2(CC1)CC(C)(C)CO2. The number of rotatable bonds is 6. The monoisotopic (exact) mass is 333 g/mol. The third-order valence-electron chi connectivity index (χ3n) is 5.90. The van der Waals surface area contributed by atoms with Crippen molar-refractivity contribution >= 4 is 0 Å². The third-order valence-corrected chi connectivity index (χ3v) is 5.90. The van der Waals surface area contributed by atoms with E-state index in [0.717, 1.165) is 13.2 Å². The minimum absolute atomic E-state index is 0.165. The van der Waals surface area contributed by atoms with Crippen molar-refractivity contribution in [3.05, 3.63) is 18.2 Å². The van der Waals surface area contributed by atoms with Crippen molar-refractivity contribution in [1.82, 2.24) is 14.5 Å². The molecule has 0 radical (unpaired) electrons. The standard InChI is InChI=1S/C20H35N3O/c1-5-6-11-22(4)13-18-12-21-16-23(18)17-7-9-20(10-8-17)14-19(2,3)15-24-20/h12,16-17H,5-11,13-15H2,1-4H3. The zero-order valence-corrected chi connectivity index (χ0v) is 16.1. The van der Waals surface area contributed by atoms with Gasteiger partial charge in [0.2, 0.25) is 0 Å². The predicted molar refractivity (Wildman–Crippen MR) is 98.1 cm³/mol. The van der Waals surface area contributed by atoms with Crippen molar-refractivity contribution in [3.63, 3.8) is 0 Å². The first kappa shape index (κ1) is 17.9. The fourth-order valence-electron chi connectivity index (χ4n) is 4.62. The Morgan fingerprint density at radius 1 is 1.33 bits per heavy atom. The molecule has 1 aromatic rings. The van der Waals surface area contributed by atoms with Crippen molar-refractivity contribution in [3.8, 4) is 0 Å². The molecule has 0 bridgehead atoms. The molecule has 136 valence electrons. The highest BCUT2D eigenvalue weighted by Crippen LogP contribution is 2.48. The number of hydrogen-bond donors (Lipinski definition) is 0. The first-order chi connectivity index (χ1) is 11.4. The van der Waals surface area contributed by atoms with Crippen LogP contribution in [0.3, 0.4) is 0 Å². The highest BCUT2D eigenvalue weighted by molar-refractivity contribution is 5.04. The van der Waals surface area contributed by atoms with Gasteiger partial charge in [-0.05, 0) is 57.5 Å². The van der Waals surface area contributed by atoms with E-state index >= 15 is 0 Å². The molecule has 1 aliphatic carbocycles. The summed E-state index contributed by atoms with van der Waals surface area (Å²) < 4.78 is 8.71. The Morgan fingerprint density at radius 3 is 2.71 bits per heavy atom. The van der Waals surface area contributed by atoms with Crippen LogP contribution in [-0.2, 0) is 11.3 Å². The van der Waals surface area contributed by atoms with Gasteiger partial charge in [0, 0.05) is 18.8 Å². The predicted octanol–water partition coefficient (Wildman–Crippen LogP) is 4.42. The number of imidazole rings is 1. The van der Waals surface area contributed by atoms with E-state index in [2.05, 4.69) is 48.5 Å². The summed E-state index contributed by atoms with van der Waals surface area (Å²) in [6.07, 6.45) is 12.7. The summed E-state index contributed by atoms with van der Waals surface area (Å²) in [5, 5.41) is 0. The van der Waals surface area contributed by atoms with Crippen LogP contribution in [-0.4, -0.2) is 40.3 Å². The molecule has 1 saturated carbocycles. The molecule has 2 heterocycles. The van der Waals surface area contributed by atoms with Gasteiger partial charge in [-0.1, -0.05) is 27.2 Å². The van der Waals surface area contributed by atoms with Crippen molar-refractivity contribution < 1.29 is 4.74 Å². The maximum Gasteiger partial charge on any atom is 0.0951 e. The van der Waals surface area contributed by atoms with Gasteiger partial charge in [-0.3, -0.25) is 0 Å². The molecule has 2 fully saturated rings. The molecule has 1 aromatic heterocycles. The highest BCUT2D eigenvalue weighted by Gasteiger charge is 2.46. The lowest BCUT2D eigenvalue weighted by molar-refractivity contribution is -0.0344. The van der Waals surface area contributed by atoms with Gasteiger partial charge in [-0.15, -0.1) is 0 Å². The van der Waals surface area contributed by atoms with E-state index in [1.807, 2.05) is 6.33 Å². The minimum atomic E-state index is 0.165. The zero-order valence-electron chi connectivity index (χ0n) is 16.1. The van der Waals surface area contributed by atoms with Gasteiger partial charge in [0.15, 0.2) is 0 Å². The van der Waals surface area contributed by atoms with Gasteiger partial charge in [0.1, 0.15) is 0 Å². The minimum Gasteiger partial charge on any atom is -0.374 e. The Hall–Kier alpha value is -0.870. The lowest BCUT2D eigenvalue weighted by Crippen LogP contribution is -2.35. The third kappa shape index (κ3) is 4.02. The Labute approximate surface area is 147 Å². The van der Waals surface area contributed by atoms with Crippen molar-refractivity contribution in [1.29, 1.82) is 0 Å². The molecular weight excluding hydrogens is 298 g/mol. The van der Waals surface area contributed by atoms with Crippen LogP contribution in [0.15, 0.2) is 12.5 Å². The van der Waals surface area contributed by atoms with E-state index in [1.165, 1.54) is 57.2 Å². The molecule has 0 N–H and O–H groups in total. The van der Waals surface area contributed by atoms with E-state index in [9.17, 15) is 0 Å². The molecule has 0 aromatic carbocycles. The average Bonchev–Trinajstić information content (AvgIpc) is 3.11. The van der Waals surface area contributed by atoms with E-state index in [0.29, 0.717) is 11.5 Å². The molecule has 0 atom stereocenters. The Morgan fingerprint density at radius 2 is 2.08 bits per heavy atom. The van der Waals surface area contributed by atoms with Gasteiger partial charge >= 0.3 is 0 Å². The Kier molecular flexibility index (Phi) is 5.36. The Balaban J connectivity index is 1.58. The molecular formula is C20H35N3O. The van der Waals surface area contributed by atoms with Crippen LogP contribution in [0.5, 0.6) is 0 Å². The number of unbranched alkanes of at least 4 members (excludes halogenated alkanes) is 1. The summed E-state index contributed by atoms with van der Waals surface area (Å²) in [5.74, 6) is 0. The smallest absolute Gasteiger partial charge is 0.0951 e. The largest absolute Gasteiger partial charge is 0.374 e. The first-order valence-electron chi connectivity index (χ1n) is 9.76. The normalized spacial score (nSPS) is 29.6. The molecule has 0 unspecified atom stereocenters. The zero-order chi connectivity index (χ0) is 17.2. The molecule has 4 heteroatoms. The summed E-state index contributed by atoms with van der Waals surface area (Å²) in [5.41, 5.74) is 1.88. The van der Waals surface area contributed by atoms with Crippen molar-refractivity contribution in [2.45, 2.75) is 83.9 Å². The summed E-state index contributed by atoms with van der Waals surface area (Å²) >= 11 is 0. The average molecular weight is 334 g/mol. The maximum absolute atomic E-state index is 6.27. The maximum atomic E-state index is 6.27. The topological polar surface area (TPSA) is 30.3 Å². The van der Waals surface area contributed by atoms with Gasteiger partial charge in [0.25, 0.3) is 0 Å².